The Kier molecular flexibility index (Phi) is 12.9. The van der Waals surface area contributed by atoms with Crippen LogP contribution in [0.2, 0.25) is 0 Å². The number of esters is 1. The highest BCUT2D eigenvalue weighted by Gasteiger charge is 2.49. The molecule has 0 spiro atoms. The van der Waals surface area contributed by atoms with Crippen LogP contribution in [-0.2, 0) is 28.7 Å². The number of carbonyl (C=O) groups excluding carboxylic acids is 3. The van der Waals surface area contributed by atoms with Crippen LogP contribution in [0.25, 0.3) is 0 Å². The smallest absolute Gasteiger partial charge is 0.316 e. The molecule has 0 saturated carbocycles. The number of carbonyl (C=O) groups is 3. The number of nitrogen functional groups attached to an aromatic ring is 1. The predicted octanol–water partition coefficient (Wildman–Crippen LogP) is 4.79. The Morgan fingerprint density at radius 1 is 1.17 bits per heavy atom. The number of cyclic esters (lactones) is 1. The summed E-state index contributed by atoms with van der Waals surface area (Å²) in [5.41, 5.74) is 5.04. The minimum absolute atomic E-state index is 0.00503. The topological polar surface area (TPSA) is 163 Å². The van der Waals surface area contributed by atoms with Crippen LogP contribution in [-0.4, -0.2) is 69.7 Å². The number of oxime groups is 1. The minimum Gasteiger partial charge on any atom is -0.459 e. The molecule has 2 fully saturated rings. The molecular formula is C36H52N4O7. The van der Waals surface area contributed by atoms with Crippen molar-refractivity contribution >= 4 is 34.9 Å². The fourth-order valence-electron chi connectivity index (χ4n) is 7.09. The molecule has 0 radical (unpaired) electrons. The summed E-state index contributed by atoms with van der Waals surface area (Å²) in [5, 5.41) is 16.7. The first-order chi connectivity index (χ1) is 22.0. The van der Waals surface area contributed by atoms with Crippen LogP contribution in [0.1, 0.15) is 93.7 Å². The van der Waals surface area contributed by atoms with Crippen LogP contribution in [0.15, 0.2) is 28.3 Å². The molecule has 2 aliphatic heterocycles. The number of hydrogen-bond donors (Lipinski definition) is 2. The largest absolute Gasteiger partial charge is 0.459 e. The van der Waals surface area contributed by atoms with Crippen molar-refractivity contribution in [3.8, 4) is 11.8 Å². The zero-order valence-electron chi connectivity index (χ0n) is 29.3. The quantitative estimate of drug-likeness (QED) is 0.154. The van der Waals surface area contributed by atoms with Crippen LogP contribution in [0.4, 0.5) is 5.82 Å². The van der Waals surface area contributed by atoms with Crippen molar-refractivity contribution in [2.45, 2.75) is 105 Å². The van der Waals surface area contributed by atoms with E-state index in [1.54, 1.807) is 39.0 Å². The van der Waals surface area contributed by atoms with Crippen molar-refractivity contribution in [1.82, 2.24) is 4.98 Å². The van der Waals surface area contributed by atoms with Crippen molar-refractivity contribution in [1.29, 1.82) is 0 Å². The molecule has 0 unspecified atom stereocenters. The van der Waals surface area contributed by atoms with Gasteiger partial charge in [0.2, 0.25) is 5.91 Å². The molecule has 1 aromatic heterocycles. The monoisotopic (exact) mass is 652 g/mol. The van der Waals surface area contributed by atoms with Gasteiger partial charge in [-0.15, -0.1) is 0 Å². The zero-order chi connectivity index (χ0) is 35.1. The molecule has 47 heavy (non-hydrogen) atoms. The lowest BCUT2D eigenvalue weighted by molar-refractivity contribution is -0.179. The van der Waals surface area contributed by atoms with E-state index in [0.717, 1.165) is 0 Å². The molecule has 2 saturated heterocycles. The van der Waals surface area contributed by atoms with Crippen LogP contribution in [0.3, 0.4) is 0 Å². The van der Waals surface area contributed by atoms with E-state index in [-0.39, 0.29) is 42.7 Å². The number of ether oxygens (including phenoxy) is 2. The molecule has 11 heteroatoms. The summed E-state index contributed by atoms with van der Waals surface area (Å²) in [5.74, 6) is 1.82. The Bertz CT molecular complexity index is 1430. The summed E-state index contributed by atoms with van der Waals surface area (Å²) in [4.78, 5) is 53.9. The first-order valence-electron chi connectivity index (χ1n) is 16.6. The molecule has 1 amide bonds. The average Bonchev–Trinajstić information content (AvgIpc) is 3.03. The average molecular weight is 653 g/mol. The highest BCUT2D eigenvalue weighted by atomic mass is 16.6. The molecule has 2 bridgehead atoms. The van der Waals surface area contributed by atoms with E-state index in [1.165, 1.54) is 6.92 Å². The summed E-state index contributed by atoms with van der Waals surface area (Å²) in [6.07, 6.45) is 0.598. The number of fused-ring (bicyclic) bond motifs is 5. The number of Topliss-reactive ketones (excluding diaryl/α,β-unsaturated/α-hetero) is 1. The highest BCUT2D eigenvalue weighted by molar-refractivity contribution is 6.00. The number of hydrogen-bond acceptors (Lipinski definition) is 10. The Balaban J connectivity index is 2.15. The standard InChI is InChI=1S/C36H52N4O7/c1-10-30-36(9,44)29-17-16-28(40-46-18-12-14-27-13-11-15-31(37)39-27)20-45-35(8,19-21(2)32(23(29)4)38-26(7)41)25(6)22(3)33(42)24(5)34(43)47-30/h11,13,15,21-25,29-30,44H,10,16-20H2,1-9H3,(H2,37,39)/b38-32?,40-28+/t21-,22-,23-,24-,25-,29-,30-,35-,36+/m1/s1. The molecule has 9 atom stereocenters. The molecule has 1 aromatic rings. The number of rotatable bonds is 3. The van der Waals surface area contributed by atoms with E-state index in [2.05, 4.69) is 27.0 Å². The number of amides is 1. The van der Waals surface area contributed by atoms with Gasteiger partial charge in [0, 0.05) is 24.5 Å². The number of ketones is 1. The van der Waals surface area contributed by atoms with Gasteiger partial charge < -0.3 is 25.2 Å². The van der Waals surface area contributed by atoms with Gasteiger partial charge in [-0.25, -0.2) is 9.98 Å². The third-order valence-corrected chi connectivity index (χ3v) is 10.2. The highest BCUT2D eigenvalue weighted by Crippen LogP contribution is 2.42. The van der Waals surface area contributed by atoms with Gasteiger partial charge in [-0.05, 0) is 82.3 Å². The van der Waals surface area contributed by atoms with Crippen LogP contribution in [0, 0.1) is 47.3 Å². The molecule has 3 N–H and O–H groups in total. The molecule has 0 aromatic carbocycles. The number of aliphatic imine (C=N–C) groups is 1. The molecular weight excluding hydrogens is 600 g/mol. The molecule has 2 aliphatic rings. The van der Waals surface area contributed by atoms with E-state index in [4.69, 9.17) is 20.0 Å². The zero-order valence-corrected chi connectivity index (χ0v) is 29.3. The number of aromatic nitrogens is 1. The maximum Gasteiger partial charge on any atom is 0.316 e. The minimum atomic E-state index is -1.55. The van der Waals surface area contributed by atoms with Gasteiger partial charge >= 0.3 is 5.97 Å². The lowest BCUT2D eigenvalue weighted by Gasteiger charge is -2.44. The summed E-state index contributed by atoms with van der Waals surface area (Å²) >= 11 is 0. The number of anilines is 1. The van der Waals surface area contributed by atoms with Gasteiger partial charge in [0.25, 0.3) is 0 Å². The molecule has 0 aliphatic carbocycles. The lowest BCUT2D eigenvalue weighted by Crippen LogP contribution is -2.53. The second-order valence-electron chi connectivity index (χ2n) is 13.6. The van der Waals surface area contributed by atoms with Gasteiger partial charge in [0.1, 0.15) is 34.9 Å². The SMILES string of the molecule is CC[C@H]1OC(=O)[C@H](C)C(=O)[C@H](C)[C@@H](C)[C@@]2(C)C[C@@H](C)C(=NC(C)=O)[C@H](C)[C@@H](CC/C(=N\OCC#Cc3cccc(N)n3)CO2)[C@]1(C)O. The van der Waals surface area contributed by atoms with Gasteiger partial charge in [0.15, 0.2) is 6.61 Å². The summed E-state index contributed by atoms with van der Waals surface area (Å²) < 4.78 is 12.6. The van der Waals surface area contributed by atoms with Crippen molar-refractivity contribution in [3.05, 3.63) is 23.9 Å². The van der Waals surface area contributed by atoms with Crippen LogP contribution < -0.4 is 5.73 Å². The fraction of sp³-hybridized carbons (Fsp3) is 0.667. The molecule has 258 valence electrons. The maximum atomic E-state index is 13.7. The number of nitrogens with two attached hydrogens (primary N) is 1. The van der Waals surface area contributed by atoms with Crippen molar-refractivity contribution in [2.75, 3.05) is 18.9 Å². The van der Waals surface area contributed by atoms with Gasteiger partial charge in [-0.2, -0.15) is 0 Å². The van der Waals surface area contributed by atoms with Gasteiger partial charge in [-0.3, -0.25) is 14.4 Å². The van der Waals surface area contributed by atoms with Gasteiger partial charge in [-0.1, -0.05) is 51.8 Å². The number of pyridine rings is 1. The van der Waals surface area contributed by atoms with E-state index < -0.39 is 41.0 Å². The van der Waals surface area contributed by atoms with E-state index in [0.29, 0.717) is 48.6 Å². The summed E-state index contributed by atoms with van der Waals surface area (Å²) in [6, 6.07) is 5.20. The second kappa shape index (κ2) is 16.0. The lowest BCUT2D eigenvalue weighted by atomic mass is 9.67. The molecule has 3 heterocycles. The number of nitrogens with zero attached hydrogens (tertiary/aromatic N) is 3. The van der Waals surface area contributed by atoms with E-state index in [9.17, 15) is 19.5 Å². The number of aliphatic hydroxyl groups is 1. The Morgan fingerprint density at radius 2 is 1.87 bits per heavy atom. The van der Waals surface area contributed by atoms with Crippen molar-refractivity contribution in [2.24, 2.45) is 45.7 Å². The van der Waals surface area contributed by atoms with Crippen molar-refractivity contribution < 1.29 is 33.8 Å². The maximum absolute atomic E-state index is 13.7. The van der Waals surface area contributed by atoms with E-state index in [1.807, 2.05) is 34.6 Å². The fourth-order valence-corrected chi connectivity index (χ4v) is 7.09. The second-order valence-corrected chi connectivity index (χ2v) is 13.6. The predicted molar refractivity (Wildman–Crippen MR) is 180 cm³/mol. The van der Waals surface area contributed by atoms with E-state index >= 15 is 0 Å². The molecule has 3 rings (SSSR count). The Hall–Kier alpha value is -3.62. The van der Waals surface area contributed by atoms with Crippen LogP contribution >= 0.6 is 0 Å². The van der Waals surface area contributed by atoms with Crippen molar-refractivity contribution in [3.63, 3.8) is 0 Å². The Morgan fingerprint density at radius 3 is 2.51 bits per heavy atom. The summed E-state index contributed by atoms with van der Waals surface area (Å²) in [7, 11) is 0. The van der Waals surface area contributed by atoms with Gasteiger partial charge in [0.05, 0.1) is 17.9 Å². The summed E-state index contributed by atoms with van der Waals surface area (Å²) in [6.45, 7) is 16.2. The van der Waals surface area contributed by atoms with Crippen LogP contribution in [0.5, 0.6) is 0 Å². The first-order valence-corrected chi connectivity index (χ1v) is 16.6. The third kappa shape index (κ3) is 9.26. The first kappa shape index (κ1) is 37.8. The molecule has 11 nitrogen and oxygen atoms in total. The normalized spacial score (nSPS) is 35.9. The Labute approximate surface area is 279 Å². The third-order valence-electron chi connectivity index (χ3n) is 10.2.